The maximum atomic E-state index is 12.7. The summed E-state index contributed by atoms with van der Waals surface area (Å²) in [5.41, 5.74) is 1.77. The predicted molar refractivity (Wildman–Crippen MR) is 61.4 cm³/mol. The first-order valence-electron chi connectivity index (χ1n) is 4.81. The second-order valence-electron chi connectivity index (χ2n) is 3.25. The van der Waals surface area contributed by atoms with Gasteiger partial charge >= 0.3 is 0 Å². The monoisotopic (exact) mass is 238 g/mol. The molecule has 0 aliphatic carbocycles. The van der Waals surface area contributed by atoms with Gasteiger partial charge in [-0.15, -0.1) is 11.3 Å². The van der Waals surface area contributed by atoms with E-state index in [1.54, 1.807) is 23.5 Å². The first-order valence-corrected chi connectivity index (χ1v) is 5.69. The highest BCUT2D eigenvalue weighted by atomic mass is 32.1. The van der Waals surface area contributed by atoms with Crippen molar-refractivity contribution >= 4 is 11.3 Å². The molecule has 2 rings (SSSR count). The van der Waals surface area contributed by atoms with Crippen molar-refractivity contribution in [1.29, 1.82) is 0 Å². The molecule has 5 heteroatoms. The van der Waals surface area contributed by atoms with Gasteiger partial charge in [-0.3, -0.25) is 0 Å². The van der Waals surface area contributed by atoms with Gasteiger partial charge in [0.2, 0.25) is 0 Å². The van der Waals surface area contributed by atoms with E-state index in [2.05, 4.69) is 9.82 Å². The molecule has 0 unspecified atom stereocenters. The molecule has 84 valence electrons. The lowest BCUT2D eigenvalue weighted by Gasteiger charge is -1.96. The molecule has 1 aromatic carbocycles. The minimum absolute atomic E-state index is 0.240. The van der Waals surface area contributed by atoms with Gasteiger partial charge in [0.25, 0.3) is 0 Å². The van der Waals surface area contributed by atoms with Gasteiger partial charge in [0.1, 0.15) is 5.82 Å². The minimum atomic E-state index is -0.240. The summed E-state index contributed by atoms with van der Waals surface area (Å²) in [6.07, 6.45) is 0.697. The molecule has 0 saturated heterocycles. The lowest BCUT2D eigenvalue weighted by atomic mass is 10.2. The van der Waals surface area contributed by atoms with E-state index in [4.69, 9.17) is 5.90 Å². The summed E-state index contributed by atoms with van der Waals surface area (Å²) in [6, 6.07) is 6.29. The van der Waals surface area contributed by atoms with Crippen LogP contribution < -0.4 is 5.90 Å². The highest BCUT2D eigenvalue weighted by molar-refractivity contribution is 7.09. The zero-order chi connectivity index (χ0) is 11.4. The molecule has 3 nitrogen and oxygen atoms in total. The van der Waals surface area contributed by atoms with Gasteiger partial charge in [-0.2, -0.15) is 0 Å². The lowest BCUT2D eigenvalue weighted by molar-refractivity contribution is 0.141. The van der Waals surface area contributed by atoms with Crippen LogP contribution in [0.5, 0.6) is 0 Å². The first kappa shape index (κ1) is 11.2. The van der Waals surface area contributed by atoms with Crippen molar-refractivity contribution in [1.82, 2.24) is 4.98 Å². The lowest BCUT2D eigenvalue weighted by Crippen LogP contribution is -2.03. The Morgan fingerprint density at radius 3 is 2.75 bits per heavy atom. The Kier molecular flexibility index (Phi) is 3.61. The molecule has 16 heavy (non-hydrogen) atoms. The van der Waals surface area contributed by atoms with Crippen LogP contribution in [-0.2, 0) is 11.3 Å². The third kappa shape index (κ3) is 2.63. The molecule has 1 aromatic heterocycles. The fourth-order valence-electron chi connectivity index (χ4n) is 1.33. The molecule has 0 bridgehead atoms. The number of halogens is 1. The molecular weight excluding hydrogens is 227 g/mol. The quantitative estimate of drug-likeness (QED) is 0.832. The minimum Gasteiger partial charge on any atom is -0.304 e. The van der Waals surface area contributed by atoms with Crippen molar-refractivity contribution in [2.24, 2.45) is 5.90 Å². The van der Waals surface area contributed by atoms with Crippen LogP contribution in [0.1, 0.15) is 5.01 Å². The van der Waals surface area contributed by atoms with Crippen molar-refractivity contribution < 1.29 is 9.23 Å². The maximum Gasteiger partial charge on any atom is 0.123 e. The molecule has 0 atom stereocenters. The second kappa shape index (κ2) is 5.16. The molecular formula is C11H11FN2OS. The van der Waals surface area contributed by atoms with Crippen molar-refractivity contribution in [2.45, 2.75) is 6.42 Å². The standard InChI is InChI=1S/C11H11FN2OS/c12-9-3-1-8(2-4-9)10-7-16-11(14-10)5-6-15-13/h1-4,7H,5-6,13H2. The summed E-state index contributed by atoms with van der Waals surface area (Å²) in [5, 5.41) is 2.91. The molecule has 0 aliphatic rings. The van der Waals surface area contributed by atoms with Crippen LogP contribution >= 0.6 is 11.3 Å². The largest absolute Gasteiger partial charge is 0.304 e. The van der Waals surface area contributed by atoms with Gasteiger partial charge in [-0.1, -0.05) is 0 Å². The molecule has 2 aromatic rings. The third-order valence-electron chi connectivity index (χ3n) is 2.13. The average molecular weight is 238 g/mol. The number of nitrogens with two attached hydrogens (primary N) is 1. The van der Waals surface area contributed by atoms with Crippen molar-refractivity contribution in [3.05, 3.63) is 40.5 Å². The van der Waals surface area contributed by atoms with Crippen LogP contribution in [0.4, 0.5) is 4.39 Å². The molecule has 0 saturated carbocycles. The van der Waals surface area contributed by atoms with Gasteiger partial charge in [0, 0.05) is 17.4 Å². The van der Waals surface area contributed by atoms with Gasteiger partial charge in [0.15, 0.2) is 0 Å². The van der Waals surface area contributed by atoms with Crippen molar-refractivity contribution in [3.63, 3.8) is 0 Å². The summed E-state index contributed by atoms with van der Waals surface area (Å²) in [5.74, 6) is 4.71. The number of hydrogen-bond acceptors (Lipinski definition) is 4. The molecule has 2 N–H and O–H groups in total. The summed E-state index contributed by atoms with van der Waals surface area (Å²) in [4.78, 5) is 8.90. The van der Waals surface area contributed by atoms with Crippen molar-refractivity contribution in [3.8, 4) is 11.3 Å². The summed E-state index contributed by atoms with van der Waals surface area (Å²) < 4.78 is 12.7. The normalized spacial score (nSPS) is 10.6. The molecule has 0 aliphatic heterocycles. The van der Waals surface area contributed by atoms with Gasteiger partial charge in [-0.25, -0.2) is 15.3 Å². The summed E-state index contributed by atoms with van der Waals surface area (Å²) in [6.45, 7) is 0.455. The van der Waals surface area contributed by atoms with E-state index < -0.39 is 0 Å². The van der Waals surface area contributed by atoms with Crippen LogP contribution in [-0.4, -0.2) is 11.6 Å². The number of aromatic nitrogens is 1. The Morgan fingerprint density at radius 1 is 1.31 bits per heavy atom. The zero-order valence-corrected chi connectivity index (χ0v) is 9.34. The fraction of sp³-hybridized carbons (Fsp3) is 0.182. The number of nitrogens with zero attached hydrogens (tertiary/aromatic N) is 1. The van der Waals surface area contributed by atoms with Crippen LogP contribution in [0.3, 0.4) is 0 Å². The Hall–Kier alpha value is -1.30. The second-order valence-corrected chi connectivity index (χ2v) is 4.20. The van der Waals surface area contributed by atoms with Crippen LogP contribution in [0, 0.1) is 5.82 Å². The number of thiazole rings is 1. The van der Waals surface area contributed by atoms with E-state index in [1.807, 2.05) is 5.38 Å². The Balaban J connectivity index is 2.15. The van der Waals surface area contributed by atoms with Gasteiger partial charge in [-0.05, 0) is 24.3 Å². The van der Waals surface area contributed by atoms with Gasteiger partial charge in [0.05, 0.1) is 17.3 Å². The van der Waals surface area contributed by atoms with E-state index >= 15 is 0 Å². The van der Waals surface area contributed by atoms with E-state index in [1.165, 1.54) is 12.1 Å². The maximum absolute atomic E-state index is 12.7. The summed E-state index contributed by atoms with van der Waals surface area (Å²) >= 11 is 1.55. The number of hydrogen-bond donors (Lipinski definition) is 1. The van der Waals surface area contributed by atoms with Crippen LogP contribution in [0.25, 0.3) is 11.3 Å². The fourth-order valence-corrected chi connectivity index (χ4v) is 2.11. The smallest absolute Gasteiger partial charge is 0.123 e. The average Bonchev–Trinajstić information content (AvgIpc) is 2.76. The zero-order valence-electron chi connectivity index (χ0n) is 8.52. The first-order chi connectivity index (χ1) is 7.79. The van der Waals surface area contributed by atoms with E-state index in [-0.39, 0.29) is 5.82 Å². The SMILES string of the molecule is NOCCc1nc(-c2ccc(F)cc2)cs1. The van der Waals surface area contributed by atoms with Crippen LogP contribution in [0.2, 0.25) is 0 Å². The molecule has 0 fully saturated rings. The predicted octanol–water partition coefficient (Wildman–Crippen LogP) is 2.38. The number of rotatable bonds is 4. The molecule has 0 amide bonds. The van der Waals surface area contributed by atoms with Crippen molar-refractivity contribution in [2.75, 3.05) is 6.61 Å². The Morgan fingerprint density at radius 2 is 2.06 bits per heavy atom. The molecule has 1 heterocycles. The van der Waals surface area contributed by atoms with E-state index in [9.17, 15) is 4.39 Å². The summed E-state index contributed by atoms with van der Waals surface area (Å²) in [7, 11) is 0. The van der Waals surface area contributed by atoms with E-state index in [0.29, 0.717) is 13.0 Å². The van der Waals surface area contributed by atoms with Crippen LogP contribution in [0.15, 0.2) is 29.6 Å². The topological polar surface area (TPSA) is 48.1 Å². The molecule has 0 radical (unpaired) electrons. The highest BCUT2D eigenvalue weighted by Crippen LogP contribution is 2.22. The van der Waals surface area contributed by atoms with E-state index in [0.717, 1.165) is 16.3 Å². The Bertz CT molecular complexity index is 455. The van der Waals surface area contributed by atoms with Gasteiger partial charge < -0.3 is 4.84 Å². The number of benzene rings is 1. The molecule has 0 spiro atoms. The Labute approximate surface area is 96.7 Å². The third-order valence-corrected chi connectivity index (χ3v) is 3.03. The highest BCUT2D eigenvalue weighted by Gasteiger charge is 2.04.